The van der Waals surface area contributed by atoms with Gasteiger partial charge in [0.05, 0.1) is 4.92 Å². The van der Waals surface area contributed by atoms with Gasteiger partial charge in [-0.2, -0.15) is 0 Å². The summed E-state index contributed by atoms with van der Waals surface area (Å²) in [5.74, 6) is -0.283. The Morgan fingerprint density at radius 3 is 2.19 bits per heavy atom. The van der Waals surface area contributed by atoms with Gasteiger partial charge in [0.2, 0.25) is 0 Å². The third-order valence-electron chi connectivity index (χ3n) is 3.75. The van der Waals surface area contributed by atoms with Crippen molar-refractivity contribution < 1.29 is 9.72 Å². The zero-order valence-electron chi connectivity index (χ0n) is 13.8. The molecule has 0 spiro atoms. The minimum Gasteiger partial charge on any atom is -0.322 e. The molecule has 0 fully saturated rings. The van der Waals surface area contributed by atoms with Crippen LogP contribution in [0.5, 0.6) is 0 Å². The van der Waals surface area contributed by atoms with Gasteiger partial charge in [0, 0.05) is 23.4 Å². The van der Waals surface area contributed by atoms with E-state index in [9.17, 15) is 14.9 Å². The van der Waals surface area contributed by atoms with Crippen LogP contribution < -0.4 is 5.32 Å². The highest BCUT2D eigenvalue weighted by atomic mass is 16.6. The number of carbonyl (C=O) groups excluding carboxylic acids is 1. The van der Waals surface area contributed by atoms with E-state index >= 15 is 0 Å². The van der Waals surface area contributed by atoms with Crippen LogP contribution in [0.25, 0.3) is 11.6 Å². The first-order valence-corrected chi connectivity index (χ1v) is 8.01. The number of nitro groups is 1. The molecule has 3 rings (SSSR count). The number of anilines is 1. The van der Waals surface area contributed by atoms with Crippen molar-refractivity contribution in [3.63, 3.8) is 0 Å². The van der Waals surface area contributed by atoms with Crippen molar-refractivity contribution in [3.05, 3.63) is 106 Å². The van der Waals surface area contributed by atoms with Gasteiger partial charge in [-0.1, -0.05) is 60.7 Å². The van der Waals surface area contributed by atoms with Crippen LogP contribution in [0.1, 0.15) is 11.1 Å². The summed E-state index contributed by atoms with van der Waals surface area (Å²) in [7, 11) is 0. The second kappa shape index (κ2) is 7.90. The molecular weight excluding hydrogens is 328 g/mol. The number of amides is 1. The van der Waals surface area contributed by atoms with Crippen LogP contribution in [0, 0.1) is 10.1 Å². The van der Waals surface area contributed by atoms with E-state index in [1.165, 1.54) is 12.1 Å². The molecule has 1 N–H and O–H groups in total. The van der Waals surface area contributed by atoms with Gasteiger partial charge in [-0.05, 0) is 29.3 Å². The molecule has 3 aromatic carbocycles. The number of nitro benzene ring substituents is 1. The summed E-state index contributed by atoms with van der Waals surface area (Å²) in [6.07, 6.45) is 1.65. The van der Waals surface area contributed by atoms with Crippen molar-refractivity contribution in [2.45, 2.75) is 0 Å². The lowest BCUT2D eigenvalue weighted by Gasteiger charge is -2.10. The molecule has 0 saturated heterocycles. The summed E-state index contributed by atoms with van der Waals surface area (Å²) in [6, 6.07) is 24.5. The van der Waals surface area contributed by atoms with E-state index in [0.29, 0.717) is 16.8 Å². The molecule has 1 amide bonds. The van der Waals surface area contributed by atoms with Gasteiger partial charge < -0.3 is 5.32 Å². The van der Waals surface area contributed by atoms with E-state index in [-0.39, 0.29) is 11.6 Å². The lowest BCUT2D eigenvalue weighted by Crippen LogP contribution is -2.13. The first-order chi connectivity index (χ1) is 12.6. The van der Waals surface area contributed by atoms with Crippen LogP contribution >= 0.6 is 0 Å². The summed E-state index contributed by atoms with van der Waals surface area (Å²) in [5.41, 5.74) is 2.40. The zero-order valence-corrected chi connectivity index (χ0v) is 13.8. The summed E-state index contributed by atoms with van der Waals surface area (Å²) in [6.45, 7) is 0. The Morgan fingerprint density at radius 1 is 0.885 bits per heavy atom. The first kappa shape index (κ1) is 17.1. The normalized spacial score (nSPS) is 11.0. The zero-order chi connectivity index (χ0) is 18.4. The Balaban J connectivity index is 2.00. The van der Waals surface area contributed by atoms with E-state index in [2.05, 4.69) is 5.32 Å². The molecule has 3 aromatic rings. The lowest BCUT2D eigenvalue weighted by atomic mass is 10.0. The third kappa shape index (κ3) is 4.21. The van der Waals surface area contributed by atoms with Gasteiger partial charge in [-0.25, -0.2) is 0 Å². The predicted octanol–water partition coefficient (Wildman–Crippen LogP) is 4.77. The summed E-state index contributed by atoms with van der Waals surface area (Å²) in [5, 5.41) is 13.8. The highest BCUT2D eigenvalue weighted by Gasteiger charge is 2.13. The number of hydrogen-bond acceptors (Lipinski definition) is 3. The van der Waals surface area contributed by atoms with E-state index in [1.54, 1.807) is 30.3 Å². The summed E-state index contributed by atoms with van der Waals surface area (Å²) >= 11 is 0. The molecule has 0 aliphatic carbocycles. The Bertz CT molecular complexity index is 951. The monoisotopic (exact) mass is 344 g/mol. The fourth-order valence-corrected chi connectivity index (χ4v) is 2.51. The van der Waals surface area contributed by atoms with Gasteiger partial charge in [-0.3, -0.25) is 14.9 Å². The second-order valence-corrected chi connectivity index (χ2v) is 5.60. The number of rotatable bonds is 5. The van der Waals surface area contributed by atoms with Crippen molar-refractivity contribution in [3.8, 4) is 0 Å². The van der Waals surface area contributed by atoms with Gasteiger partial charge in [0.15, 0.2) is 0 Å². The van der Waals surface area contributed by atoms with Crippen molar-refractivity contribution in [2.24, 2.45) is 0 Å². The molecular formula is C21H16N2O3. The molecule has 0 radical (unpaired) electrons. The Hall–Kier alpha value is -3.73. The highest BCUT2D eigenvalue weighted by Crippen LogP contribution is 2.22. The maximum absolute atomic E-state index is 12.8. The number of nitrogens with zero attached hydrogens (tertiary/aromatic N) is 1. The number of non-ortho nitro benzene ring substituents is 1. The van der Waals surface area contributed by atoms with Crippen LogP contribution in [0.2, 0.25) is 0 Å². The molecule has 128 valence electrons. The number of nitrogens with one attached hydrogen (secondary N) is 1. The molecule has 5 nitrogen and oxygen atoms in total. The average Bonchev–Trinajstić information content (AvgIpc) is 2.67. The molecule has 5 heteroatoms. The minimum absolute atomic E-state index is 0.0189. The van der Waals surface area contributed by atoms with Crippen molar-refractivity contribution in [1.29, 1.82) is 0 Å². The molecule has 0 aliphatic heterocycles. The van der Waals surface area contributed by atoms with E-state index in [0.717, 1.165) is 5.56 Å². The number of hydrogen-bond donors (Lipinski definition) is 1. The van der Waals surface area contributed by atoms with Crippen molar-refractivity contribution in [1.82, 2.24) is 0 Å². The SMILES string of the molecule is O=C(Nc1ccccc1)/C(=C/c1cccc([N+](=O)[O-])c1)c1ccccc1. The maximum atomic E-state index is 12.8. The minimum atomic E-state index is -0.455. The fraction of sp³-hybridized carbons (Fsp3) is 0. The highest BCUT2D eigenvalue weighted by molar-refractivity contribution is 6.29. The Labute approximate surface area is 150 Å². The van der Waals surface area contributed by atoms with Crippen molar-refractivity contribution in [2.75, 3.05) is 5.32 Å². The molecule has 0 heterocycles. The molecule has 0 unspecified atom stereocenters. The number of benzene rings is 3. The molecule has 0 bridgehead atoms. The van der Waals surface area contributed by atoms with E-state index < -0.39 is 4.92 Å². The van der Waals surface area contributed by atoms with Gasteiger partial charge in [0.1, 0.15) is 0 Å². The number of carbonyl (C=O) groups is 1. The third-order valence-corrected chi connectivity index (χ3v) is 3.75. The second-order valence-electron chi connectivity index (χ2n) is 5.60. The van der Waals surface area contributed by atoms with Crippen LogP contribution in [0.4, 0.5) is 11.4 Å². The van der Waals surface area contributed by atoms with Crippen LogP contribution in [0.3, 0.4) is 0 Å². The molecule has 0 atom stereocenters. The number of para-hydroxylation sites is 1. The Morgan fingerprint density at radius 2 is 1.54 bits per heavy atom. The smallest absolute Gasteiger partial charge is 0.270 e. The first-order valence-electron chi connectivity index (χ1n) is 8.01. The summed E-state index contributed by atoms with van der Waals surface area (Å²) in [4.78, 5) is 23.4. The average molecular weight is 344 g/mol. The fourth-order valence-electron chi connectivity index (χ4n) is 2.51. The van der Waals surface area contributed by atoms with E-state index in [4.69, 9.17) is 0 Å². The summed E-state index contributed by atoms with van der Waals surface area (Å²) < 4.78 is 0. The standard InChI is InChI=1S/C21H16N2O3/c24-21(22-18-11-5-2-6-12-18)20(17-9-3-1-4-10-17)15-16-8-7-13-19(14-16)23(25)26/h1-15H,(H,22,24)/b20-15+. The van der Waals surface area contributed by atoms with Crippen LogP contribution in [-0.4, -0.2) is 10.8 Å². The van der Waals surface area contributed by atoms with Crippen LogP contribution in [-0.2, 0) is 4.79 Å². The van der Waals surface area contributed by atoms with Gasteiger partial charge in [0.25, 0.3) is 11.6 Å². The Kier molecular flexibility index (Phi) is 5.19. The largest absolute Gasteiger partial charge is 0.322 e. The predicted molar refractivity (Wildman–Crippen MR) is 102 cm³/mol. The molecule has 0 saturated carbocycles. The molecule has 0 aromatic heterocycles. The lowest BCUT2D eigenvalue weighted by molar-refractivity contribution is -0.384. The topological polar surface area (TPSA) is 72.2 Å². The van der Waals surface area contributed by atoms with E-state index in [1.807, 2.05) is 48.5 Å². The molecule has 0 aliphatic rings. The quantitative estimate of drug-likeness (QED) is 0.313. The van der Waals surface area contributed by atoms with Crippen LogP contribution in [0.15, 0.2) is 84.9 Å². The van der Waals surface area contributed by atoms with Gasteiger partial charge >= 0.3 is 0 Å². The molecule has 26 heavy (non-hydrogen) atoms. The van der Waals surface area contributed by atoms with Gasteiger partial charge in [-0.15, -0.1) is 0 Å². The maximum Gasteiger partial charge on any atom is 0.270 e. The van der Waals surface area contributed by atoms with Crippen molar-refractivity contribution >= 4 is 28.9 Å².